The first-order valence-electron chi connectivity index (χ1n) is 4.15. The smallest absolute Gasteiger partial charge is 0.158 e. The summed E-state index contributed by atoms with van der Waals surface area (Å²) in [7, 11) is 0. The van der Waals surface area contributed by atoms with E-state index >= 15 is 0 Å². The average Bonchev–Trinajstić information content (AvgIpc) is 2.32. The largest absolute Gasteiger partial charge is 0.394 e. The first-order valence-corrected chi connectivity index (χ1v) is 4.15. The molecule has 0 bridgehead atoms. The van der Waals surface area contributed by atoms with Gasteiger partial charge in [0.1, 0.15) is 0 Å². The third-order valence-electron chi connectivity index (χ3n) is 2.06. The summed E-state index contributed by atoms with van der Waals surface area (Å²) in [5.41, 5.74) is 0. The van der Waals surface area contributed by atoms with Gasteiger partial charge in [-0.2, -0.15) is 0 Å². The van der Waals surface area contributed by atoms with Crippen molar-refractivity contribution in [3.63, 3.8) is 0 Å². The third-order valence-corrected chi connectivity index (χ3v) is 2.06. The van der Waals surface area contributed by atoms with E-state index in [4.69, 9.17) is 14.6 Å². The molecule has 1 aliphatic heterocycles. The molecule has 66 valence electrons. The summed E-state index contributed by atoms with van der Waals surface area (Å²) < 4.78 is 10.7. The molecule has 0 aromatic carbocycles. The van der Waals surface area contributed by atoms with Gasteiger partial charge in [-0.15, -0.1) is 0 Å². The molecule has 1 saturated heterocycles. The fourth-order valence-corrected chi connectivity index (χ4v) is 1.36. The molecule has 1 fully saturated rings. The van der Waals surface area contributed by atoms with Crippen LogP contribution < -0.4 is 0 Å². The van der Waals surface area contributed by atoms with Crippen molar-refractivity contribution in [1.29, 1.82) is 0 Å². The van der Waals surface area contributed by atoms with E-state index in [2.05, 4.69) is 6.92 Å². The summed E-state index contributed by atoms with van der Waals surface area (Å²) in [6.45, 7) is 4.79. The van der Waals surface area contributed by atoms with Crippen LogP contribution in [-0.2, 0) is 9.47 Å². The standard InChI is InChI=1S/C8H16O3/c1-3-10-8-4-6(2)7(5-9)11-8/h6-9H,3-5H2,1-2H3/t6-,7+,8-/m0/s1. The molecule has 0 unspecified atom stereocenters. The molecule has 0 aromatic rings. The molecule has 0 aromatic heterocycles. The van der Waals surface area contributed by atoms with Crippen LogP contribution in [0.2, 0.25) is 0 Å². The molecule has 11 heavy (non-hydrogen) atoms. The first kappa shape index (κ1) is 8.97. The van der Waals surface area contributed by atoms with E-state index in [1.165, 1.54) is 0 Å². The summed E-state index contributed by atoms with van der Waals surface area (Å²) in [4.78, 5) is 0. The van der Waals surface area contributed by atoms with Crippen LogP contribution in [-0.4, -0.2) is 30.7 Å². The van der Waals surface area contributed by atoms with E-state index in [1.54, 1.807) is 0 Å². The van der Waals surface area contributed by atoms with Crippen molar-refractivity contribution in [2.75, 3.05) is 13.2 Å². The molecule has 1 rings (SSSR count). The van der Waals surface area contributed by atoms with Crippen LogP contribution >= 0.6 is 0 Å². The van der Waals surface area contributed by atoms with Crippen LogP contribution in [0.25, 0.3) is 0 Å². The van der Waals surface area contributed by atoms with E-state index in [0.29, 0.717) is 12.5 Å². The summed E-state index contributed by atoms with van der Waals surface area (Å²) in [6.07, 6.45) is 0.790. The van der Waals surface area contributed by atoms with Gasteiger partial charge in [0.15, 0.2) is 6.29 Å². The van der Waals surface area contributed by atoms with Crippen molar-refractivity contribution < 1.29 is 14.6 Å². The number of hydrogen-bond acceptors (Lipinski definition) is 3. The lowest BCUT2D eigenvalue weighted by Crippen LogP contribution is -2.19. The summed E-state index contributed by atoms with van der Waals surface area (Å²) in [6, 6.07) is 0. The molecule has 1 aliphatic rings. The van der Waals surface area contributed by atoms with E-state index in [9.17, 15) is 0 Å². The Morgan fingerprint density at radius 2 is 2.36 bits per heavy atom. The Morgan fingerprint density at radius 1 is 1.64 bits per heavy atom. The van der Waals surface area contributed by atoms with Gasteiger partial charge in [0.25, 0.3) is 0 Å². The highest BCUT2D eigenvalue weighted by atomic mass is 16.7. The van der Waals surface area contributed by atoms with Crippen molar-refractivity contribution in [2.45, 2.75) is 32.7 Å². The Balaban J connectivity index is 2.30. The highest BCUT2D eigenvalue weighted by Gasteiger charge is 2.31. The molecule has 0 amide bonds. The average molecular weight is 160 g/mol. The van der Waals surface area contributed by atoms with Gasteiger partial charge >= 0.3 is 0 Å². The Morgan fingerprint density at radius 3 is 2.82 bits per heavy atom. The third kappa shape index (κ3) is 2.15. The highest BCUT2D eigenvalue weighted by molar-refractivity contribution is 4.74. The van der Waals surface area contributed by atoms with Gasteiger partial charge in [0.05, 0.1) is 12.7 Å². The van der Waals surface area contributed by atoms with Gasteiger partial charge in [-0.05, 0) is 12.8 Å². The predicted octanol–water partition coefficient (Wildman–Crippen LogP) is 0.766. The number of hydrogen-bond donors (Lipinski definition) is 1. The fraction of sp³-hybridized carbons (Fsp3) is 1.00. The maximum Gasteiger partial charge on any atom is 0.158 e. The predicted molar refractivity (Wildman–Crippen MR) is 41.2 cm³/mol. The summed E-state index contributed by atoms with van der Waals surface area (Å²) in [5.74, 6) is 0.413. The number of aliphatic hydroxyl groups excluding tert-OH is 1. The second kappa shape index (κ2) is 4.04. The molecule has 1 heterocycles. The van der Waals surface area contributed by atoms with Crippen molar-refractivity contribution in [1.82, 2.24) is 0 Å². The minimum atomic E-state index is -0.0906. The van der Waals surface area contributed by atoms with Crippen molar-refractivity contribution in [3.05, 3.63) is 0 Å². The molecule has 0 aliphatic carbocycles. The zero-order valence-electron chi connectivity index (χ0n) is 7.12. The van der Waals surface area contributed by atoms with Gasteiger partial charge in [-0.1, -0.05) is 6.92 Å². The maximum atomic E-state index is 8.84. The van der Waals surface area contributed by atoms with E-state index in [0.717, 1.165) is 6.42 Å². The number of ether oxygens (including phenoxy) is 2. The van der Waals surface area contributed by atoms with Crippen molar-refractivity contribution in [3.8, 4) is 0 Å². The zero-order valence-corrected chi connectivity index (χ0v) is 7.12. The van der Waals surface area contributed by atoms with E-state index in [1.807, 2.05) is 6.92 Å². The van der Waals surface area contributed by atoms with Crippen LogP contribution in [0.15, 0.2) is 0 Å². The molecular formula is C8H16O3. The highest BCUT2D eigenvalue weighted by Crippen LogP contribution is 2.26. The van der Waals surface area contributed by atoms with Crippen LogP contribution in [0.5, 0.6) is 0 Å². The van der Waals surface area contributed by atoms with Gasteiger partial charge < -0.3 is 14.6 Å². The topological polar surface area (TPSA) is 38.7 Å². The molecule has 3 nitrogen and oxygen atoms in total. The lowest BCUT2D eigenvalue weighted by molar-refractivity contribution is -0.138. The maximum absolute atomic E-state index is 8.84. The monoisotopic (exact) mass is 160 g/mol. The molecular weight excluding hydrogens is 144 g/mol. The molecule has 3 atom stereocenters. The zero-order chi connectivity index (χ0) is 8.27. The van der Waals surface area contributed by atoms with Gasteiger partial charge in [0.2, 0.25) is 0 Å². The van der Waals surface area contributed by atoms with Crippen LogP contribution in [0.4, 0.5) is 0 Å². The second-order valence-electron chi connectivity index (χ2n) is 2.95. The molecule has 0 radical (unpaired) electrons. The van der Waals surface area contributed by atoms with Crippen LogP contribution in [0, 0.1) is 5.92 Å². The van der Waals surface area contributed by atoms with Gasteiger partial charge in [-0.25, -0.2) is 0 Å². The summed E-state index contributed by atoms with van der Waals surface area (Å²) in [5, 5.41) is 8.84. The number of rotatable bonds is 3. The molecule has 3 heteroatoms. The van der Waals surface area contributed by atoms with Crippen molar-refractivity contribution in [2.24, 2.45) is 5.92 Å². The Kier molecular flexibility index (Phi) is 3.30. The minimum absolute atomic E-state index is 0.0217. The molecule has 0 saturated carbocycles. The lowest BCUT2D eigenvalue weighted by atomic mass is 10.1. The van der Waals surface area contributed by atoms with E-state index in [-0.39, 0.29) is 19.0 Å². The van der Waals surface area contributed by atoms with Gasteiger partial charge in [0, 0.05) is 13.0 Å². The van der Waals surface area contributed by atoms with Gasteiger partial charge in [-0.3, -0.25) is 0 Å². The summed E-state index contributed by atoms with van der Waals surface area (Å²) >= 11 is 0. The first-order chi connectivity index (χ1) is 5.27. The molecule has 0 spiro atoms. The van der Waals surface area contributed by atoms with Crippen LogP contribution in [0.3, 0.4) is 0 Å². The minimum Gasteiger partial charge on any atom is -0.394 e. The van der Waals surface area contributed by atoms with E-state index < -0.39 is 0 Å². The second-order valence-corrected chi connectivity index (χ2v) is 2.95. The quantitative estimate of drug-likeness (QED) is 0.662. The fourth-order valence-electron chi connectivity index (χ4n) is 1.36. The Labute approximate surface area is 67.3 Å². The molecule has 1 N–H and O–H groups in total. The van der Waals surface area contributed by atoms with Crippen LogP contribution in [0.1, 0.15) is 20.3 Å². The van der Waals surface area contributed by atoms with Crippen molar-refractivity contribution >= 4 is 0 Å². The normalized spacial score (nSPS) is 37.9. The number of aliphatic hydroxyl groups is 1. The SMILES string of the molecule is CCO[C@@H]1C[C@H](C)[C@@H](CO)O1. The Hall–Kier alpha value is -0.120. The Bertz CT molecular complexity index is 116. The lowest BCUT2D eigenvalue weighted by Gasteiger charge is -2.11.